The highest BCUT2D eigenvalue weighted by Gasteiger charge is 2.38. The molecular weight excluding hydrogens is 445 g/mol. The summed E-state index contributed by atoms with van der Waals surface area (Å²) in [5.74, 6) is -2.76. The van der Waals surface area contributed by atoms with Crippen molar-refractivity contribution in [3.8, 4) is 0 Å². The Hall–Kier alpha value is -3.15. The van der Waals surface area contributed by atoms with Crippen molar-refractivity contribution < 1.29 is 32.7 Å². The SMILES string of the molecule is Cn1c(=O)n(C2CCC(=O)NC2=O)c2ccc(CC3CCNCC3)cc21.O=C(O)C(F)(F)F. The lowest BCUT2D eigenvalue weighted by molar-refractivity contribution is -0.192. The molecule has 1 aromatic heterocycles. The highest BCUT2D eigenvalue weighted by Crippen LogP contribution is 2.25. The van der Waals surface area contributed by atoms with E-state index in [1.165, 1.54) is 23.0 Å². The lowest BCUT2D eigenvalue weighted by Crippen LogP contribution is -2.44. The van der Waals surface area contributed by atoms with E-state index in [-0.39, 0.29) is 18.0 Å². The monoisotopic (exact) mass is 470 g/mol. The number of alkyl halides is 3. The van der Waals surface area contributed by atoms with Gasteiger partial charge in [-0.1, -0.05) is 6.07 Å². The molecule has 3 N–H and O–H groups in total. The predicted molar refractivity (Wildman–Crippen MR) is 112 cm³/mol. The van der Waals surface area contributed by atoms with Gasteiger partial charge in [-0.25, -0.2) is 9.59 Å². The molecule has 0 bridgehead atoms. The van der Waals surface area contributed by atoms with Gasteiger partial charge in [0.1, 0.15) is 6.04 Å². The maximum atomic E-state index is 12.8. The predicted octanol–water partition coefficient (Wildman–Crippen LogP) is 1.49. The van der Waals surface area contributed by atoms with Gasteiger partial charge in [0.15, 0.2) is 0 Å². The summed E-state index contributed by atoms with van der Waals surface area (Å²) in [5, 5.41) is 12.8. The number of nitrogens with one attached hydrogen (secondary N) is 2. The maximum absolute atomic E-state index is 12.8. The van der Waals surface area contributed by atoms with E-state index >= 15 is 0 Å². The van der Waals surface area contributed by atoms with Crippen LogP contribution >= 0.6 is 0 Å². The molecule has 2 aliphatic heterocycles. The lowest BCUT2D eigenvalue weighted by Gasteiger charge is -2.23. The van der Waals surface area contributed by atoms with Gasteiger partial charge in [0.25, 0.3) is 0 Å². The number of benzene rings is 1. The molecule has 0 radical (unpaired) electrons. The van der Waals surface area contributed by atoms with E-state index < -0.39 is 24.1 Å². The van der Waals surface area contributed by atoms with Gasteiger partial charge >= 0.3 is 17.8 Å². The minimum atomic E-state index is -5.08. The number of hydrogen-bond donors (Lipinski definition) is 3. The number of imide groups is 1. The van der Waals surface area contributed by atoms with Gasteiger partial charge in [0.05, 0.1) is 11.0 Å². The van der Waals surface area contributed by atoms with Gasteiger partial charge in [-0.2, -0.15) is 13.2 Å². The summed E-state index contributed by atoms with van der Waals surface area (Å²) in [5.41, 5.74) is 2.60. The van der Waals surface area contributed by atoms with Crippen LogP contribution in [0.3, 0.4) is 0 Å². The number of aromatic nitrogens is 2. The van der Waals surface area contributed by atoms with Crippen molar-refractivity contribution >= 4 is 28.8 Å². The van der Waals surface area contributed by atoms with Crippen LogP contribution in [0.1, 0.15) is 37.3 Å². The molecule has 0 spiro atoms. The number of amides is 2. The first-order valence-electron chi connectivity index (χ1n) is 10.5. The van der Waals surface area contributed by atoms with Crippen molar-refractivity contribution in [2.75, 3.05) is 13.1 Å². The largest absolute Gasteiger partial charge is 0.490 e. The fraction of sp³-hybridized carbons (Fsp3) is 0.524. The molecule has 2 amide bonds. The van der Waals surface area contributed by atoms with E-state index in [4.69, 9.17) is 9.90 Å². The van der Waals surface area contributed by atoms with E-state index in [2.05, 4.69) is 22.8 Å². The number of aliphatic carboxylic acids is 1. The average Bonchev–Trinajstić information content (AvgIpc) is 2.99. The summed E-state index contributed by atoms with van der Waals surface area (Å²) in [6, 6.07) is 5.45. The van der Waals surface area contributed by atoms with Crippen molar-refractivity contribution in [3.63, 3.8) is 0 Å². The Labute approximate surface area is 186 Å². The van der Waals surface area contributed by atoms with Gasteiger partial charge in [-0.15, -0.1) is 0 Å². The fourth-order valence-electron chi connectivity index (χ4n) is 4.18. The van der Waals surface area contributed by atoms with Crippen molar-refractivity contribution in [3.05, 3.63) is 34.2 Å². The Bertz CT molecular complexity index is 1120. The van der Waals surface area contributed by atoms with Crippen LogP contribution in [-0.4, -0.2) is 51.3 Å². The van der Waals surface area contributed by atoms with Crippen molar-refractivity contribution in [2.45, 2.75) is 44.3 Å². The van der Waals surface area contributed by atoms with Crippen molar-refractivity contribution in [1.29, 1.82) is 0 Å². The molecule has 2 fully saturated rings. The molecule has 2 saturated heterocycles. The minimum Gasteiger partial charge on any atom is -0.475 e. The molecule has 4 rings (SSSR count). The number of aryl methyl sites for hydroxylation is 1. The van der Waals surface area contributed by atoms with Gasteiger partial charge < -0.3 is 10.4 Å². The summed E-state index contributed by atoms with van der Waals surface area (Å²) in [6.45, 7) is 2.13. The van der Waals surface area contributed by atoms with Crippen LogP contribution in [0.4, 0.5) is 13.2 Å². The number of rotatable bonds is 3. The number of piperidine rings is 2. The zero-order chi connectivity index (χ0) is 24.3. The molecule has 1 aromatic carbocycles. The van der Waals surface area contributed by atoms with E-state index in [1.807, 2.05) is 6.07 Å². The van der Waals surface area contributed by atoms with E-state index in [9.17, 15) is 27.6 Å². The molecule has 12 heteroatoms. The van der Waals surface area contributed by atoms with Crippen molar-refractivity contribution in [1.82, 2.24) is 19.8 Å². The van der Waals surface area contributed by atoms with Crippen LogP contribution in [0.5, 0.6) is 0 Å². The summed E-state index contributed by atoms with van der Waals surface area (Å²) in [7, 11) is 1.74. The molecule has 2 aromatic rings. The number of carboxylic acid groups (broad SMARTS) is 1. The van der Waals surface area contributed by atoms with Crippen LogP contribution in [0.2, 0.25) is 0 Å². The Morgan fingerprint density at radius 3 is 2.33 bits per heavy atom. The maximum Gasteiger partial charge on any atom is 0.490 e. The normalized spacial score (nSPS) is 19.7. The zero-order valence-electron chi connectivity index (χ0n) is 17.9. The molecule has 180 valence electrons. The van der Waals surface area contributed by atoms with E-state index in [1.54, 1.807) is 11.6 Å². The van der Waals surface area contributed by atoms with Crippen LogP contribution in [0.15, 0.2) is 23.0 Å². The first kappa shape index (κ1) is 24.5. The first-order chi connectivity index (χ1) is 15.5. The number of hydrogen-bond acceptors (Lipinski definition) is 5. The molecule has 0 saturated carbocycles. The number of nitrogens with zero attached hydrogens (tertiary/aromatic N) is 2. The standard InChI is InChI=1S/C19H24N4O3.C2HF3O2/c1-22-16-11-13(10-12-6-8-20-9-7-12)2-3-14(16)23(19(22)26)15-4-5-17(24)21-18(15)25;3-2(4,5)1(6)7/h2-3,11-12,15,20H,4-10H2,1H3,(H,21,24,25);(H,6,7). The Morgan fingerprint density at radius 2 is 1.76 bits per heavy atom. The number of fused-ring (bicyclic) bond motifs is 1. The molecule has 0 aliphatic carbocycles. The zero-order valence-corrected chi connectivity index (χ0v) is 17.9. The fourth-order valence-corrected chi connectivity index (χ4v) is 4.18. The quantitative estimate of drug-likeness (QED) is 0.585. The highest BCUT2D eigenvalue weighted by atomic mass is 19.4. The van der Waals surface area contributed by atoms with Crippen LogP contribution in [-0.2, 0) is 27.9 Å². The minimum absolute atomic E-state index is 0.214. The van der Waals surface area contributed by atoms with E-state index in [0.717, 1.165) is 30.5 Å². The first-order valence-corrected chi connectivity index (χ1v) is 10.5. The topological polar surface area (TPSA) is 122 Å². The summed E-state index contributed by atoms with van der Waals surface area (Å²) in [4.78, 5) is 45.3. The molecular formula is C21H25F3N4O5. The summed E-state index contributed by atoms with van der Waals surface area (Å²) < 4.78 is 34.9. The van der Waals surface area contributed by atoms with Gasteiger partial charge in [0.2, 0.25) is 11.8 Å². The third-order valence-electron chi connectivity index (χ3n) is 5.90. The molecule has 33 heavy (non-hydrogen) atoms. The molecule has 3 heterocycles. The van der Waals surface area contributed by atoms with Crippen LogP contribution in [0, 0.1) is 5.92 Å². The van der Waals surface area contributed by atoms with Gasteiger partial charge in [-0.3, -0.25) is 24.0 Å². The second kappa shape index (κ2) is 9.77. The number of halogens is 3. The second-order valence-corrected chi connectivity index (χ2v) is 8.20. The smallest absolute Gasteiger partial charge is 0.475 e. The summed E-state index contributed by atoms with van der Waals surface area (Å²) in [6.07, 6.45) is -1.11. The Kier molecular flexibility index (Phi) is 7.25. The van der Waals surface area contributed by atoms with Crippen LogP contribution < -0.4 is 16.3 Å². The molecule has 9 nitrogen and oxygen atoms in total. The van der Waals surface area contributed by atoms with E-state index in [0.29, 0.717) is 12.3 Å². The second-order valence-electron chi connectivity index (χ2n) is 8.20. The van der Waals surface area contributed by atoms with Gasteiger partial charge in [0, 0.05) is 13.5 Å². The third kappa shape index (κ3) is 5.62. The third-order valence-corrected chi connectivity index (χ3v) is 5.90. The molecule has 1 atom stereocenters. The molecule has 1 unspecified atom stereocenters. The van der Waals surface area contributed by atoms with Gasteiger partial charge in [-0.05, 0) is 62.4 Å². The lowest BCUT2D eigenvalue weighted by atomic mass is 9.91. The number of carbonyl (C=O) groups excluding carboxylic acids is 2. The number of carbonyl (C=O) groups is 3. The Morgan fingerprint density at radius 1 is 1.12 bits per heavy atom. The Balaban J connectivity index is 0.000000383. The highest BCUT2D eigenvalue weighted by molar-refractivity contribution is 6.00. The number of carboxylic acids is 1. The number of imidazole rings is 1. The average molecular weight is 470 g/mol. The van der Waals surface area contributed by atoms with Crippen molar-refractivity contribution in [2.24, 2.45) is 13.0 Å². The summed E-state index contributed by atoms with van der Waals surface area (Å²) >= 11 is 0. The van der Waals surface area contributed by atoms with Crippen LogP contribution in [0.25, 0.3) is 11.0 Å². The molecule has 2 aliphatic rings.